The van der Waals surface area contributed by atoms with Gasteiger partial charge in [0.05, 0.1) is 0 Å². The number of nitrogens with one attached hydrogen (secondary N) is 1. The fourth-order valence-corrected chi connectivity index (χ4v) is 2.91. The van der Waals surface area contributed by atoms with E-state index in [1.54, 1.807) is 0 Å². The monoisotopic (exact) mass is 196 g/mol. The third-order valence-corrected chi connectivity index (χ3v) is 3.95. The lowest BCUT2D eigenvalue weighted by Gasteiger charge is -2.29. The first kappa shape index (κ1) is 10.4. The summed E-state index contributed by atoms with van der Waals surface area (Å²) in [5, 5.41) is 3.68. The fraction of sp³-hybridized carbons (Fsp3) is 1.00. The summed E-state index contributed by atoms with van der Waals surface area (Å²) in [6.45, 7) is 1.05. The molecule has 0 amide bonds. The zero-order chi connectivity index (χ0) is 9.86. The Morgan fingerprint density at radius 1 is 1.00 bits per heavy atom. The quantitative estimate of drug-likeness (QED) is 0.726. The molecule has 0 unspecified atom stereocenters. The van der Waals surface area contributed by atoms with E-state index in [9.17, 15) is 0 Å². The molecule has 0 aromatic carbocycles. The van der Waals surface area contributed by atoms with E-state index in [2.05, 4.69) is 5.32 Å². The van der Waals surface area contributed by atoms with Gasteiger partial charge in [-0.05, 0) is 25.7 Å². The summed E-state index contributed by atoms with van der Waals surface area (Å²) >= 11 is 0. The van der Waals surface area contributed by atoms with Gasteiger partial charge in [-0.2, -0.15) is 0 Å². The zero-order valence-electron chi connectivity index (χ0n) is 9.23. The van der Waals surface area contributed by atoms with E-state index >= 15 is 0 Å². The SMILES string of the molecule is NC1(CNC2CCCCC2)CCCC1. The van der Waals surface area contributed by atoms with Crippen molar-refractivity contribution in [2.24, 2.45) is 5.73 Å². The third kappa shape index (κ3) is 2.71. The molecule has 0 spiro atoms. The molecule has 2 aliphatic rings. The van der Waals surface area contributed by atoms with Crippen LogP contribution in [-0.2, 0) is 0 Å². The summed E-state index contributed by atoms with van der Waals surface area (Å²) in [7, 11) is 0. The Morgan fingerprint density at radius 3 is 2.29 bits per heavy atom. The molecule has 2 fully saturated rings. The van der Waals surface area contributed by atoms with Crippen molar-refractivity contribution in [1.82, 2.24) is 5.32 Å². The number of nitrogens with two attached hydrogens (primary N) is 1. The van der Waals surface area contributed by atoms with E-state index in [0.717, 1.165) is 12.6 Å². The van der Waals surface area contributed by atoms with Crippen molar-refractivity contribution in [3.05, 3.63) is 0 Å². The molecule has 2 heteroatoms. The minimum Gasteiger partial charge on any atom is -0.324 e. The topological polar surface area (TPSA) is 38.0 Å². The molecule has 0 aromatic rings. The van der Waals surface area contributed by atoms with Crippen molar-refractivity contribution in [2.45, 2.75) is 69.4 Å². The number of hydrogen-bond donors (Lipinski definition) is 2. The van der Waals surface area contributed by atoms with Crippen LogP contribution in [-0.4, -0.2) is 18.1 Å². The maximum atomic E-state index is 6.31. The van der Waals surface area contributed by atoms with E-state index in [1.165, 1.54) is 57.8 Å². The molecule has 2 aliphatic carbocycles. The van der Waals surface area contributed by atoms with Crippen LogP contribution in [0.5, 0.6) is 0 Å². The number of hydrogen-bond acceptors (Lipinski definition) is 2. The molecule has 0 atom stereocenters. The highest BCUT2D eigenvalue weighted by Gasteiger charge is 2.29. The summed E-state index contributed by atoms with van der Waals surface area (Å²) in [6, 6.07) is 0.768. The average molecular weight is 196 g/mol. The molecule has 0 aliphatic heterocycles. The van der Waals surface area contributed by atoms with Gasteiger partial charge in [0, 0.05) is 18.1 Å². The van der Waals surface area contributed by atoms with Gasteiger partial charge in [-0.1, -0.05) is 32.1 Å². The van der Waals surface area contributed by atoms with Gasteiger partial charge in [-0.3, -0.25) is 0 Å². The summed E-state index contributed by atoms with van der Waals surface area (Å²) in [5.41, 5.74) is 6.45. The predicted octanol–water partition coefficient (Wildman–Crippen LogP) is 2.18. The summed E-state index contributed by atoms with van der Waals surface area (Å²) < 4.78 is 0. The molecule has 0 aromatic heterocycles. The Morgan fingerprint density at radius 2 is 1.64 bits per heavy atom. The van der Waals surface area contributed by atoms with Gasteiger partial charge < -0.3 is 11.1 Å². The van der Waals surface area contributed by atoms with Crippen molar-refractivity contribution in [3.8, 4) is 0 Å². The van der Waals surface area contributed by atoms with Crippen molar-refractivity contribution < 1.29 is 0 Å². The van der Waals surface area contributed by atoms with Crippen LogP contribution in [0.4, 0.5) is 0 Å². The average Bonchev–Trinajstić information content (AvgIpc) is 2.65. The molecule has 3 N–H and O–H groups in total. The van der Waals surface area contributed by atoms with Crippen LogP contribution >= 0.6 is 0 Å². The van der Waals surface area contributed by atoms with E-state index < -0.39 is 0 Å². The summed E-state index contributed by atoms with van der Waals surface area (Å²) in [4.78, 5) is 0. The predicted molar refractivity (Wildman–Crippen MR) is 60.3 cm³/mol. The molecule has 0 saturated heterocycles. The van der Waals surface area contributed by atoms with Crippen LogP contribution in [0.1, 0.15) is 57.8 Å². The van der Waals surface area contributed by atoms with Crippen LogP contribution in [0.3, 0.4) is 0 Å². The molecule has 82 valence electrons. The molecule has 0 heterocycles. The molecule has 14 heavy (non-hydrogen) atoms. The van der Waals surface area contributed by atoms with Gasteiger partial charge >= 0.3 is 0 Å². The van der Waals surface area contributed by atoms with Gasteiger partial charge in [-0.15, -0.1) is 0 Å². The first-order valence-electron chi connectivity index (χ1n) is 6.31. The Bertz CT molecular complexity index is 167. The second kappa shape index (κ2) is 4.63. The molecular formula is C12H24N2. The Kier molecular flexibility index (Phi) is 3.45. The highest BCUT2D eigenvalue weighted by atomic mass is 15.0. The maximum Gasteiger partial charge on any atom is 0.0280 e. The molecular weight excluding hydrogens is 172 g/mol. The highest BCUT2D eigenvalue weighted by molar-refractivity contribution is 4.92. The first-order chi connectivity index (χ1) is 6.79. The smallest absolute Gasteiger partial charge is 0.0280 e. The molecule has 0 radical (unpaired) electrons. The lowest BCUT2D eigenvalue weighted by atomic mass is 9.93. The normalized spacial score (nSPS) is 28.1. The van der Waals surface area contributed by atoms with Crippen molar-refractivity contribution in [1.29, 1.82) is 0 Å². The molecule has 2 rings (SSSR count). The largest absolute Gasteiger partial charge is 0.324 e. The van der Waals surface area contributed by atoms with Crippen LogP contribution in [0.2, 0.25) is 0 Å². The Hall–Kier alpha value is -0.0800. The maximum absolute atomic E-state index is 6.31. The molecule has 0 bridgehead atoms. The third-order valence-electron chi connectivity index (χ3n) is 3.95. The van der Waals surface area contributed by atoms with Gasteiger partial charge in [0.25, 0.3) is 0 Å². The van der Waals surface area contributed by atoms with Crippen LogP contribution < -0.4 is 11.1 Å². The Balaban J connectivity index is 1.70. The Labute approximate surface area is 87.6 Å². The molecule has 2 saturated carbocycles. The second-order valence-electron chi connectivity index (χ2n) is 5.29. The van der Waals surface area contributed by atoms with E-state index in [1.807, 2.05) is 0 Å². The second-order valence-corrected chi connectivity index (χ2v) is 5.29. The van der Waals surface area contributed by atoms with Crippen molar-refractivity contribution in [2.75, 3.05) is 6.54 Å². The lowest BCUT2D eigenvalue weighted by Crippen LogP contribution is -2.49. The first-order valence-corrected chi connectivity index (χ1v) is 6.31. The summed E-state index contributed by atoms with van der Waals surface area (Å²) in [6.07, 6.45) is 12.1. The van der Waals surface area contributed by atoms with E-state index in [4.69, 9.17) is 5.73 Å². The van der Waals surface area contributed by atoms with Crippen LogP contribution in [0.25, 0.3) is 0 Å². The van der Waals surface area contributed by atoms with Crippen LogP contribution in [0.15, 0.2) is 0 Å². The van der Waals surface area contributed by atoms with Gasteiger partial charge in [0.15, 0.2) is 0 Å². The minimum absolute atomic E-state index is 0.136. The standard InChI is InChI=1S/C12H24N2/c13-12(8-4-5-9-12)10-14-11-6-2-1-3-7-11/h11,14H,1-10,13H2. The lowest BCUT2D eigenvalue weighted by molar-refractivity contribution is 0.323. The van der Waals surface area contributed by atoms with Crippen molar-refractivity contribution >= 4 is 0 Å². The van der Waals surface area contributed by atoms with Gasteiger partial charge in [-0.25, -0.2) is 0 Å². The van der Waals surface area contributed by atoms with E-state index in [-0.39, 0.29) is 5.54 Å². The van der Waals surface area contributed by atoms with Gasteiger partial charge in [0.1, 0.15) is 0 Å². The molecule has 2 nitrogen and oxygen atoms in total. The van der Waals surface area contributed by atoms with E-state index in [0.29, 0.717) is 0 Å². The van der Waals surface area contributed by atoms with Crippen molar-refractivity contribution in [3.63, 3.8) is 0 Å². The summed E-state index contributed by atoms with van der Waals surface area (Å²) in [5.74, 6) is 0. The van der Waals surface area contributed by atoms with Gasteiger partial charge in [0.2, 0.25) is 0 Å². The zero-order valence-corrected chi connectivity index (χ0v) is 9.23. The minimum atomic E-state index is 0.136. The number of rotatable bonds is 3. The highest BCUT2D eigenvalue weighted by Crippen LogP contribution is 2.27. The fourth-order valence-electron chi connectivity index (χ4n) is 2.91. The van der Waals surface area contributed by atoms with Crippen LogP contribution in [0, 0.1) is 0 Å².